The second-order valence-electron chi connectivity index (χ2n) is 8.65. The Hall–Kier alpha value is -3.43. The van der Waals surface area contributed by atoms with Crippen molar-refractivity contribution in [2.75, 3.05) is 39.4 Å². The van der Waals surface area contributed by atoms with Crippen LogP contribution in [0.3, 0.4) is 0 Å². The Balaban J connectivity index is 1.26. The van der Waals surface area contributed by atoms with Crippen molar-refractivity contribution in [2.24, 2.45) is 5.92 Å². The molecule has 1 saturated carbocycles. The third kappa shape index (κ3) is 5.92. The molecule has 1 N–H and O–H groups in total. The van der Waals surface area contributed by atoms with E-state index in [1.165, 1.54) is 19.3 Å². The van der Waals surface area contributed by atoms with E-state index in [1.807, 2.05) is 24.3 Å². The highest BCUT2D eigenvalue weighted by atomic mass is 16.6. The lowest BCUT2D eigenvalue weighted by Gasteiger charge is -2.34. The summed E-state index contributed by atoms with van der Waals surface area (Å²) in [5, 5.41) is 8.21. The molecule has 2 aliphatic rings. The molecule has 4 rings (SSSR count). The number of rotatable bonds is 8. The number of amides is 2. The fourth-order valence-corrected chi connectivity index (χ4v) is 3.97. The van der Waals surface area contributed by atoms with Crippen LogP contribution >= 0.6 is 0 Å². The van der Waals surface area contributed by atoms with Crippen LogP contribution in [0.2, 0.25) is 0 Å². The summed E-state index contributed by atoms with van der Waals surface area (Å²) in [6.45, 7) is 4.58. The normalized spacial score (nSPS) is 16.1. The molecule has 2 fully saturated rings. The average Bonchev–Trinajstić information content (AvgIpc) is 2.83. The first-order valence-electron chi connectivity index (χ1n) is 11.9. The van der Waals surface area contributed by atoms with Gasteiger partial charge < -0.3 is 24.3 Å². The highest BCUT2D eigenvalue weighted by Crippen LogP contribution is 2.27. The monoisotopic (exact) mass is 469 g/mol. The topological polar surface area (TPSA) is 118 Å². The van der Waals surface area contributed by atoms with Crippen LogP contribution in [0.25, 0.3) is 11.4 Å². The molecule has 2 aromatic rings. The maximum atomic E-state index is 12.5. The summed E-state index contributed by atoms with van der Waals surface area (Å²) in [5.41, 5.74) is 0.612. The van der Waals surface area contributed by atoms with Gasteiger partial charge >= 0.3 is 6.09 Å². The van der Waals surface area contributed by atoms with E-state index in [4.69, 9.17) is 9.47 Å². The SMILES string of the molecule is CCOC(=O)N1CCN(C(=O)CCc2nnc(-c3ccc(OCC4CCC4)cc3)[nH]c2=O)CC1. The Morgan fingerprint density at radius 1 is 1.06 bits per heavy atom. The minimum atomic E-state index is -0.354. The van der Waals surface area contributed by atoms with E-state index in [2.05, 4.69) is 15.2 Å². The standard InChI is InChI=1S/C24H31N5O5/c1-2-33-24(32)29-14-12-28(13-15-29)21(30)11-10-20-23(31)25-22(27-26-20)18-6-8-19(9-7-18)34-16-17-4-3-5-17/h6-9,17H,2-5,10-16H2,1H3,(H,25,27,31). The number of piperazine rings is 1. The van der Waals surface area contributed by atoms with Crippen molar-refractivity contribution in [3.05, 3.63) is 40.3 Å². The minimum absolute atomic E-state index is 0.0775. The van der Waals surface area contributed by atoms with Crippen molar-refractivity contribution < 1.29 is 19.1 Å². The van der Waals surface area contributed by atoms with Crippen LogP contribution in [0.15, 0.2) is 29.1 Å². The first kappa shape index (κ1) is 23.7. The first-order valence-corrected chi connectivity index (χ1v) is 11.9. The lowest BCUT2D eigenvalue weighted by atomic mass is 9.86. The molecular formula is C24H31N5O5. The number of aryl methyl sites for hydroxylation is 1. The number of ether oxygens (including phenoxy) is 2. The maximum Gasteiger partial charge on any atom is 0.409 e. The van der Waals surface area contributed by atoms with E-state index in [1.54, 1.807) is 16.7 Å². The summed E-state index contributed by atoms with van der Waals surface area (Å²) in [7, 11) is 0. The number of carbonyl (C=O) groups is 2. The summed E-state index contributed by atoms with van der Waals surface area (Å²) in [6, 6.07) is 7.41. The van der Waals surface area contributed by atoms with E-state index < -0.39 is 0 Å². The molecule has 0 unspecified atom stereocenters. The maximum absolute atomic E-state index is 12.5. The number of aromatic amines is 1. The summed E-state index contributed by atoms with van der Waals surface area (Å²) in [4.78, 5) is 42.9. The van der Waals surface area contributed by atoms with E-state index >= 15 is 0 Å². The van der Waals surface area contributed by atoms with Gasteiger partial charge in [0, 0.05) is 44.6 Å². The van der Waals surface area contributed by atoms with E-state index in [0.29, 0.717) is 44.5 Å². The zero-order valence-electron chi connectivity index (χ0n) is 19.5. The van der Waals surface area contributed by atoms with Crippen LogP contribution in [0.1, 0.15) is 38.3 Å². The fraction of sp³-hybridized carbons (Fsp3) is 0.542. The highest BCUT2D eigenvalue weighted by Gasteiger charge is 2.25. The highest BCUT2D eigenvalue weighted by molar-refractivity contribution is 5.77. The summed E-state index contributed by atoms with van der Waals surface area (Å²) < 4.78 is 10.8. The van der Waals surface area contributed by atoms with E-state index in [0.717, 1.165) is 17.9 Å². The fourth-order valence-electron chi connectivity index (χ4n) is 3.97. The Kier molecular flexibility index (Phi) is 7.76. The molecule has 0 spiro atoms. The van der Waals surface area contributed by atoms with Crippen molar-refractivity contribution in [3.63, 3.8) is 0 Å². The van der Waals surface area contributed by atoms with Crippen molar-refractivity contribution in [1.29, 1.82) is 0 Å². The van der Waals surface area contributed by atoms with Gasteiger partial charge in [-0.1, -0.05) is 6.42 Å². The molecule has 0 radical (unpaired) electrons. The van der Waals surface area contributed by atoms with Gasteiger partial charge in [0.05, 0.1) is 13.2 Å². The molecule has 2 heterocycles. The number of hydrogen-bond acceptors (Lipinski definition) is 7. The van der Waals surface area contributed by atoms with Crippen LogP contribution in [0.5, 0.6) is 5.75 Å². The van der Waals surface area contributed by atoms with Crippen molar-refractivity contribution >= 4 is 12.0 Å². The van der Waals surface area contributed by atoms with Crippen molar-refractivity contribution in [2.45, 2.75) is 39.0 Å². The molecule has 0 bridgehead atoms. The van der Waals surface area contributed by atoms with Crippen molar-refractivity contribution in [1.82, 2.24) is 25.0 Å². The summed E-state index contributed by atoms with van der Waals surface area (Å²) in [6.07, 6.45) is 3.76. The number of hydrogen-bond donors (Lipinski definition) is 1. The molecule has 34 heavy (non-hydrogen) atoms. The molecule has 1 aromatic carbocycles. The number of nitrogens with zero attached hydrogens (tertiary/aromatic N) is 4. The number of carbonyl (C=O) groups excluding carboxylic acids is 2. The average molecular weight is 470 g/mol. The zero-order valence-corrected chi connectivity index (χ0v) is 19.5. The van der Waals surface area contributed by atoms with Gasteiger partial charge in [0.15, 0.2) is 5.82 Å². The Bertz CT molecular complexity index is 1040. The smallest absolute Gasteiger partial charge is 0.409 e. The Morgan fingerprint density at radius 3 is 2.38 bits per heavy atom. The number of aromatic nitrogens is 3. The summed E-state index contributed by atoms with van der Waals surface area (Å²) >= 11 is 0. The van der Waals surface area contributed by atoms with E-state index in [-0.39, 0.29) is 36.1 Å². The van der Waals surface area contributed by atoms with Gasteiger partial charge in [-0.05, 0) is 49.9 Å². The van der Waals surface area contributed by atoms with Gasteiger partial charge in [-0.3, -0.25) is 9.59 Å². The Morgan fingerprint density at radius 2 is 1.76 bits per heavy atom. The van der Waals surface area contributed by atoms with Gasteiger partial charge in [0.2, 0.25) is 5.91 Å². The number of benzene rings is 1. The molecule has 1 saturated heterocycles. The molecule has 1 aliphatic heterocycles. The van der Waals surface area contributed by atoms with Gasteiger partial charge in [-0.15, -0.1) is 10.2 Å². The number of H-pyrrole nitrogens is 1. The molecule has 1 aliphatic carbocycles. The second-order valence-corrected chi connectivity index (χ2v) is 8.65. The van der Waals surface area contributed by atoms with Gasteiger partial charge in [0.25, 0.3) is 5.56 Å². The molecule has 1 aromatic heterocycles. The van der Waals surface area contributed by atoms with Gasteiger partial charge in [-0.2, -0.15) is 0 Å². The van der Waals surface area contributed by atoms with Crippen LogP contribution < -0.4 is 10.3 Å². The third-order valence-corrected chi connectivity index (χ3v) is 6.34. The largest absolute Gasteiger partial charge is 0.493 e. The molecule has 2 amide bonds. The molecule has 182 valence electrons. The molecule has 10 nitrogen and oxygen atoms in total. The van der Waals surface area contributed by atoms with Crippen LogP contribution in [0, 0.1) is 5.92 Å². The van der Waals surface area contributed by atoms with Crippen LogP contribution in [-0.2, 0) is 16.0 Å². The predicted molar refractivity (Wildman–Crippen MR) is 124 cm³/mol. The van der Waals surface area contributed by atoms with Gasteiger partial charge in [0.1, 0.15) is 11.4 Å². The summed E-state index contributed by atoms with van der Waals surface area (Å²) in [5.74, 6) is 1.76. The number of nitrogens with one attached hydrogen (secondary N) is 1. The molecule has 10 heteroatoms. The van der Waals surface area contributed by atoms with Crippen molar-refractivity contribution in [3.8, 4) is 17.1 Å². The first-order chi connectivity index (χ1) is 16.5. The second kappa shape index (κ2) is 11.1. The van der Waals surface area contributed by atoms with Crippen LogP contribution in [-0.4, -0.2) is 76.4 Å². The Labute approximate surface area is 198 Å². The van der Waals surface area contributed by atoms with E-state index in [9.17, 15) is 14.4 Å². The lowest BCUT2D eigenvalue weighted by molar-refractivity contribution is -0.132. The quantitative estimate of drug-likeness (QED) is 0.630. The molecular weight excluding hydrogens is 438 g/mol. The third-order valence-electron chi connectivity index (χ3n) is 6.34. The molecule has 0 atom stereocenters. The van der Waals surface area contributed by atoms with Crippen LogP contribution in [0.4, 0.5) is 4.79 Å². The predicted octanol–water partition coefficient (Wildman–Crippen LogP) is 2.24. The lowest BCUT2D eigenvalue weighted by Crippen LogP contribution is -2.50. The zero-order chi connectivity index (χ0) is 23.9. The van der Waals surface area contributed by atoms with Gasteiger partial charge in [-0.25, -0.2) is 4.79 Å². The minimum Gasteiger partial charge on any atom is -0.493 e.